The van der Waals surface area contributed by atoms with Crippen LogP contribution in [0.5, 0.6) is 0 Å². The highest BCUT2D eigenvalue weighted by Gasteiger charge is 2.70. The fourth-order valence-electron chi connectivity index (χ4n) is 4.25. The van der Waals surface area contributed by atoms with Crippen molar-refractivity contribution in [2.45, 2.75) is 32.0 Å². The zero-order chi connectivity index (χ0) is 18.0. The van der Waals surface area contributed by atoms with Gasteiger partial charge >= 0.3 is 5.97 Å². The Kier molecular flexibility index (Phi) is 3.22. The molecule has 0 radical (unpaired) electrons. The summed E-state index contributed by atoms with van der Waals surface area (Å²) in [6.45, 7) is 5.71. The lowest BCUT2D eigenvalue weighted by Gasteiger charge is -2.25. The number of ether oxygens (including phenoxy) is 2. The van der Waals surface area contributed by atoms with Crippen molar-refractivity contribution in [3.05, 3.63) is 42.0 Å². The molecule has 3 aliphatic heterocycles. The number of esters is 1. The molecule has 2 bridgehead atoms. The van der Waals surface area contributed by atoms with Gasteiger partial charge in [0.1, 0.15) is 0 Å². The molecule has 25 heavy (non-hydrogen) atoms. The normalized spacial score (nSPS) is 35.4. The maximum Gasteiger partial charge on any atom is 0.338 e. The van der Waals surface area contributed by atoms with Crippen LogP contribution >= 0.6 is 0 Å². The molecule has 130 valence electrons. The molecular formula is C19H19NO5. The summed E-state index contributed by atoms with van der Waals surface area (Å²) in [4.78, 5) is 38.9. The van der Waals surface area contributed by atoms with Crippen molar-refractivity contribution in [3.8, 4) is 0 Å². The number of carbonyl (C=O) groups excluding carboxylic acids is 3. The Labute approximate surface area is 145 Å². The van der Waals surface area contributed by atoms with Crippen LogP contribution in [0.1, 0.15) is 31.1 Å². The van der Waals surface area contributed by atoms with Gasteiger partial charge in [-0.2, -0.15) is 0 Å². The number of carbonyl (C=O) groups is 3. The van der Waals surface area contributed by atoms with Crippen LogP contribution in [-0.2, 0) is 19.1 Å². The molecule has 0 aromatic heterocycles. The Balaban J connectivity index is 1.66. The maximum absolute atomic E-state index is 13.0. The third-order valence-electron chi connectivity index (χ3n) is 5.36. The van der Waals surface area contributed by atoms with Crippen molar-refractivity contribution >= 4 is 23.5 Å². The molecular weight excluding hydrogens is 322 g/mol. The lowest BCUT2D eigenvalue weighted by atomic mass is 9.73. The van der Waals surface area contributed by atoms with E-state index in [-0.39, 0.29) is 18.4 Å². The summed E-state index contributed by atoms with van der Waals surface area (Å²) < 4.78 is 10.9. The van der Waals surface area contributed by atoms with Crippen LogP contribution in [0.2, 0.25) is 0 Å². The van der Waals surface area contributed by atoms with Gasteiger partial charge in [0.05, 0.1) is 40.9 Å². The number of nitrogens with zero attached hydrogens (tertiary/aromatic N) is 1. The zero-order valence-electron chi connectivity index (χ0n) is 14.3. The number of rotatable bonds is 3. The first-order valence-corrected chi connectivity index (χ1v) is 8.36. The summed E-state index contributed by atoms with van der Waals surface area (Å²) >= 11 is 0. The van der Waals surface area contributed by atoms with Gasteiger partial charge in [0.2, 0.25) is 11.8 Å². The first-order chi connectivity index (χ1) is 11.8. The average Bonchev–Trinajstić information content (AvgIpc) is 3.12. The van der Waals surface area contributed by atoms with Gasteiger partial charge in [0, 0.05) is 0 Å². The highest BCUT2D eigenvalue weighted by atomic mass is 16.5. The quantitative estimate of drug-likeness (QED) is 0.478. The van der Waals surface area contributed by atoms with Crippen molar-refractivity contribution in [3.63, 3.8) is 0 Å². The molecule has 2 saturated heterocycles. The van der Waals surface area contributed by atoms with Crippen LogP contribution in [0.3, 0.4) is 0 Å². The monoisotopic (exact) mass is 341 g/mol. The van der Waals surface area contributed by atoms with E-state index in [1.807, 2.05) is 26.0 Å². The molecule has 3 aliphatic rings. The van der Waals surface area contributed by atoms with Crippen LogP contribution in [-0.4, -0.2) is 35.6 Å². The number of anilines is 1. The number of hydrogen-bond donors (Lipinski definition) is 0. The highest BCUT2D eigenvalue weighted by molar-refractivity contribution is 6.23. The molecule has 0 unspecified atom stereocenters. The van der Waals surface area contributed by atoms with Crippen LogP contribution < -0.4 is 4.90 Å². The van der Waals surface area contributed by atoms with Crippen molar-refractivity contribution in [1.82, 2.24) is 0 Å². The molecule has 6 heteroatoms. The molecule has 4 atom stereocenters. The van der Waals surface area contributed by atoms with E-state index >= 15 is 0 Å². The topological polar surface area (TPSA) is 72.9 Å². The van der Waals surface area contributed by atoms with E-state index in [0.717, 1.165) is 0 Å². The minimum absolute atomic E-state index is 0.255. The van der Waals surface area contributed by atoms with Gasteiger partial charge in [0.25, 0.3) is 0 Å². The number of imide groups is 1. The third kappa shape index (κ3) is 2.03. The molecule has 0 saturated carbocycles. The Morgan fingerprint density at radius 3 is 2.08 bits per heavy atom. The minimum atomic E-state index is -0.744. The third-order valence-corrected chi connectivity index (χ3v) is 5.36. The first-order valence-electron chi connectivity index (χ1n) is 8.36. The average molecular weight is 341 g/mol. The van der Waals surface area contributed by atoms with E-state index in [4.69, 9.17) is 9.47 Å². The van der Waals surface area contributed by atoms with Crippen LogP contribution in [0.4, 0.5) is 5.69 Å². The van der Waals surface area contributed by atoms with E-state index < -0.39 is 29.0 Å². The SMILES string of the molecule is CCOC(=O)c1ccc(N2C(=O)[C@H]3[C@H](C2=O)[C@]2(C)C=C[C@]3(C)O2)cc1. The number of fused-ring (bicyclic) bond motifs is 5. The molecule has 2 amide bonds. The van der Waals surface area contributed by atoms with Crippen LogP contribution in [0.15, 0.2) is 36.4 Å². The molecule has 6 nitrogen and oxygen atoms in total. The van der Waals surface area contributed by atoms with Crippen LogP contribution in [0.25, 0.3) is 0 Å². The van der Waals surface area contributed by atoms with Crippen molar-refractivity contribution < 1.29 is 23.9 Å². The molecule has 0 spiro atoms. The summed E-state index contributed by atoms with van der Waals surface area (Å²) in [7, 11) is 0. The lowest BCUT2D eigenvalue weighted by Crippen LogP contribution is -2.39. The predicted molar refractivity (Wildman–Crippen MR) is 88.9 cm³/mol. The first kappa shape index (κ1) is 16.0. The van der Waals surface area contributed by atoms with Gasteiger partial charge < -0.3 is 9.47 Å². The molecule has 3 heterocycles. The summed E-state index contributed by atoms with van der Waals surface area (Å²) in [5.74, 6) is -1.97. The Hall–Kier alpha value is -2.47. The van der Waals surface area contributed by atoms with Crippen molar-refractivity contribution in [2.24, 2.45) is 11.8 Å². The number of hydrogen-bond acceptors (Lipinski definition) is 5. The molecule has 1 aromatic rings. The molecule has 1 aromatic carbocycles. The summed E-state index contributed by atoms with van der Waals surface area (Å²) in [6, 6.07) is 6.33. The summed E-state index contributed by atoms with van der Waals surface area (Å²) in [6.07, 6.45) is 3.76. The lowest BCUT2D eigenvalue weighted by molar-refractivity contribution is -0.128. The Bertz CT molecular complexity index is 778. The van der Waals surface area contributed by atoms with Crippen molar-refractivity contribution in [2.75, 3.05) is 11.5 Å². The summed E-state index contributed by atoms with van der Waals surface area (Å²) in [5.41, 5.74) is -0.643. The fraction of sp³-hybridized carbons (Fsp3) is 0.421. The van der Waals surface area contributed by atoms with Crippen LogP contribution in [0, 0.1) is 11.8 Å². The second-order valence-corrected chi connectivity index (χ2v) is 7.04. The van der Waals surface area contributed by atoms with Gasteiger partial charge in [-0.25, -0.2) is 9.69 Å². The predicted octanol–water partition coefficient (Wildman–Crippen LogP) is 2.09. The minimum Gasteiger partial charge on any atom is -0.462 e. The molecule has 0 N–H and O–H groups in total. The van der Waals surface area contributed by atoms with Gasteiger partial charge in [-0.3, -0.25) is 9.59 Å². The van der Waals surface area contributed by atoms with E-state index in [1.54, 1.807) is 31.2 Å². The molecule has 4 rings (SSSR count). The summed E-state index contributed by atoms with van der Waals surface area (Å²) in [5, 5.41) is 0. The van der Waals surface area contributed by atoms with E-state index in [2.05, 4.69) is 0 Å². The largest absolute Gasteiger partial charge is 0.462 e. The fourth-order valence-corrected chi connectivity index (χ4v) is 4.25. The van der Waals surface area contributed by atoms with Crippen molar-refractivity contribution in [1.29, 1.82) is 0 Å². The highest BCUT2D eigenvalue weighted by Crippen LogP contribution is 2.57. The number of benzene rings is 1. The van der Waals surface area contributed by atoms with Gasteiger partial charge in [0.15, 0.2) is 0 Å². The zero-order valence-corrected chi connectivity index (χ0v) is 14.3. The van der Waals surface area contributed by atoms with Gasteiger partial charge in [-0.1, -0.05) is 12.2 Å². The standard InChI is InChI=1S/C19H19NO5/c1-4-24-17(23)11-5-7-12(8-6-11)20-15(21)13-14(16(20)22)19(3)10-9-18(13,2)25-19/h5-10,13-14H,4H2,1-3H3/t13-,14-,18+,19+/m1/s1. The van der Waals surface area contributed by atoms with Gasteiger partial charge in [-0.15, -0.1) is 0 Å². The number of amides is 2. The Morgan fingerprint density at radius 2 is 1.60 bits per heavy atom. The van der Waals surface area contributed by atoms with E-state index in [0.29, 0.717) is 11.3 Å². The molecule has 0 aliphatic carbocycles. The molecule has 2 fully saturated rings. The second kappa shape index (κ2) is 5.02. The van der Waals surface area contributed by atoms with E-state index in [9.17, 15) is 14.4 Å². The van der Waals surface area contributed by atoms with E-state index in [1.165, 1.54) is 4.90 Å². The smallest absolute Gasteiger partial charge is 0.338 e. The second-order valence-electron chi connectivity index (χ2n) is 7.04. The Morgan fingerprint density at radius 1 is 1.08 bits per heavy atom. The maximum atomic E-state index is 13.0. The van der Waals surface area contributed by atoms with Gasteiger partial charge in [-0.05, 0) is 45.0 Å².